The van der Waals surface area contributed by atoms with Crippen LogP contribution in [0.1, 0.15) is 22.8 Å². The van der Waals surface area contributed by atoms with Crippen LogP contribution >= 0.6 is 0 Å². The molecule has 0 aliphatic heterocycles. The zero-order chi connectivity index (χ0) is 15.8. The standard InChI is InChI=1S/C18H21NO3/c1-14(20)13-19-11-12-22-17-9-7-16(8-10-17)18(21)15-5-3-2-4-6-15/h2-10,14,19-20H,11-13H2,1H3/t14-/m0/s1. The third-order valence-electron chi connectivity index (χ3n) is 3.14. The summed E-state index contributed by atoms with van der Waals surface area (Å²) < 4.78 is 5.57. The Kier molecular flexibility index (Phi) is 6.13. The van der Waals surface area contributed by atoms with Gasteiger partial charge in [-0.15, -0.1) is 0 Å². The number of nitrogens with one attached hydrogen (secondary N) is 1. The Bertz CT molecular complexity index is 579. The number of hydrogen-bond acceptors (Lipinski definition) is 4. The summed E-state index contributed by atoms with van der Waals surface area (Å²) in [5.74, 6) is 0.731. The van der Waals surface area contributed by atoms with E-state index in [1.807, 2.05) is 18.2 Å². The van der Waals surface area contributed by atoms with Crippen LogP contribution in [0.2, 0.25) is 0 Å². The second kappa shape index (κ2) is 8.32. The molecule has 2 aromatic rings. The predicted octanol–water partition coefficient (Wildman–Crippen LogP) is 2.27. The number of ketones is 1. The van der Waals surface area contributed by atoms with Crippen molar-refractivity contribution < 1.29 is 14.6 Å². The van der Waals surface area contributed by atoms with Crippen LogP contribution in [0.15, 0.2) is 54.6 Å². The molecule has 0 bridgehead atoms. The highest BCUT2D eigenvalue weighted by atomic mass is 16.5. The molecule has 1 atom stereocenters. The Labute approximate surface area is 130 Å². The molecule has 116 valence electrons. The van der Waals surface area contributed by atoms with Crippen LogP contribution in [0.5, 0.6) is 5.75 Å². The van der Waals surface area contributed by atoms with Gasteiger partial charge in [0, 0.05) is 24.2 Å². The van der Waals surface area contributed by atoms with Gasteiger partial charge in [0.2, 0.25) is 0 Å². The third-order valence-corrected chi connectivity index (χ3v) is 3.14. The summed E-state index contributed by atoms with van der Waals surface area (Å²) in [5, 5.41) is 12.2. The molecule has 0 unspecified atom stereocenters. The number of ether oxygens (including phenoxy) is 1. The lowest BCUT2D eigenvalue weighted by Gasteiger charge is -2.09. The first-order valence-electron chi connectivity index (χ1n) is 7.38. The largest absolute Gasteiger partial charge is 0.492 e. The second-order valence-corrected chi connectivity index (χ2v) is 5.12. The van der Waals surface area contributed by atoms with Crippen molar-refractivity contribution in [3.8, 4) is 5.75 Å². The van der Waals surface area contributed by atoms with E-state index in [0.717, 1.165) is 5.75 Å². The number of aliphatic hydroxyl groups excluding tert-OH is 1. The highest BCUT2D eigenvalue weighted by molar-refractivity contribution is 6.08. The van der Waals surface area contributed by atoms with Gasteiger partial charge < -0.3 is 15.2 Å². The van der Waals surface area contributed by atoms with Crippen LogP contribution in [0.25, 0.3) is 0 Å². The van der Waals surface area contributed by atoms with Crippen molar-refractivity contribution in [1.29, 1.82) is 0 Å². The normalized spacial score (nSPS) is 11.9. The maximum atomic E-state index is 12.2. The average Bonchev–Trinajstić information content (AvgIpc) is 2.55. The summed E-state index contributed by atoms with van der Waals surface area (Å²) in [4.78, 5) is 12.2. The van der Waals surface area contributed by atoms with Gasteiger partial charge in [-0.25, -0.2) is 0 Å². The minimum absolute atomic E-state index is 0.00532. The number of hydrogen-bond donors (Lipinski definition) is 2. The first-order chi connectivity index (χ1) is 10.7. The zero-order valence-electron chi connectivity index (χ0n) is 12.7. The molecular formula is C18H21NO3. The first kappa shape index (κ1) is 16.2. The van der Waals surface area contributed by atoms with Crippen LogP contribution in [-0.4, -0.2) is 36.7 Å². The summed E-state index contributed by atoms with van der Waals surface area (Å²) in [6, 6.07) is 16.3. The van der Waals surface area contributed by atoms with Crippen LogP contribution < -0.4 is 10.1 Å². The average molecular weight is 299 g/mol. The Morgan fingerprint density at radius 3 is 2.36 bits per heavy atom. The molecular weight excluding hydrogens is 278 g/mol. The number of carbonyl (C=O) groups is 1. The molecule has 0 radical (unpaired) electrons. The molecule has 0 saturated heterocycles. The highest BCUT2D eigenvalue weighted by Crippen LogP contribution is 2.15. The van der Waals surface area contributed by atoms with Gasteiger partial charge in [-0.05, 0) is 31.2 Å². The third kappa shape index (κ3) is 4.98. The molecule has 2 rings (SSSR count). The van der Waals surface area contributed by atoms with E-state index in [9.17, 15) is 4.79 Å². The van der Waals surface area contributed by atoms with E-state index in [1.54, 1.807) is 43.3 Å². The molecule has 0 aliphatic carbocycles. The summed E-state index contributed by atoms with van der Waals surface area (Å²) in [6.07, 6.45) is -0.358. The van der Waals surface area contributed by atoms with Gasteiger partial charge in [-0.2, -0.15) is 0 Å². The van der Waals surface area contributed by atoms with E-state index in [0.29, 0.717) is 30.8 Å². The molecule has 0 amide bonds. The molecule has 2 aromatic carbocycles. The first-order valence-corrected chi connectivity index (χ1v) is 7.38. The molecule has 0 aromatic heterocycles. The number of rotatable bonds is 8. The number of aliphatic hydroxyl groups is 1. The van der Waals surface area contributed by atoms with E-state index >= 15 is 0 Å². The number of carbonyl (C=O) groups excluding carboxylic acids is 1. The Morgan fingerprint density at radius 1 is 1.09 bits per heavy atom. The smallest absolute Gasteiger partial charge is 0.193 e. The summed E-state index contributed by atoms with van der Waals surface area (Å²) in [6.45, 7) is 3.46. The summed E-state index contributed by atoms with van der Waals surface area (Å²) >= 11 is 0. The van der Waals surface area contributed by atoms with Crippen molar-refractivity contribution >= 4 is 5.78 Å². The highest BCUT2D eigenvalue weighted by Gasteiger charge is 2.08. The van der Waals surface area contributed by atoms with Crippen molar-refractivity contribution in [2.45, 2.75) is 13.0 Å². The van der Waals surface area contributed by atoms with E-state index in [-0.39, 0.29) is 11.9 Å². The maximum absolute atomic E-state index is 12.2. The predicted molar refractivity (Wildman–Crippen MR) is 86.4 cm³/mol. The van der Waals surface area contributed by atoms with Gasteiger partial charge in [0.15, 0.2) is 5.78 Å². The van der Waals surface area contributed by atoms with Crippen molar-refractivity contribution in [3.05, 3.63) is 65.7 Å². The van der Waals surface area contributed by atoms with Gasteiger partial charge in [-0.1, -0.05) is 30.3 Å². The second-order valence-electron chi connectivity index (χ2n) is 5.12. The van der Waals surface area contributed by atoms with Crippen LogP contribution in [0.3, 0.4) is 0 Å². The molecule has 0 heterocycles. The van der Waals surface area contributed by atoms with Crippen molar-refractivity contribution in [3.63, 3.8) is 0 Å². The van der Waals surface area contributed by atoms with E-state index in [1.165, 1.54) is 0 Å². The molecule has 4 nitrogen and oxygen atoms in total. The van der Waals surface area contributed by atoms with E-state index in [4.69, 9.17) is 9.84 Å². The van der Waals surface area contributed by atoms with Gasteiger partial charge in [0.25, 0.3) is 0 Å². The summed E-state index contributed by atoms with van der Waals surface area (Å²) in [5.41, 5.74) is 1.32. The van der Waals surface area contributed by atoms with E-state index < -0.39 is 0 Å². The SMILES string of the molecule is C[C@H](O)CNCCOc1ccc(C(=O)c2ccccc2)cc1. The Hall–Kier alpha value is -2.17. The maximum Gasteiger partial charge on any atom is 0.193 e. The van der Waals surface area contributed by atoms with Crippen LogP contribution in [0, 0.1) is 0 Å². The molecule has 0 aliphatic rings. The van der Waals surface area contributed by atoms with Crippen LogP contribution in [-0.2, 0) is 0 Å². The minimum atomic E-state index is -0.358. The van der Waals surface area contributed by atoms with Crippen molar-refractivity contribution in [1.82, 2.24) is 5.32 Å². The number of benzene rings is 2. The van der Waals surface area contributed by atoms with Crippen LogP contribution in [0.4, 0.5) is 0 Å². The van der Waals surface area contributed by atoms with Crippen molar-refractivity contribution in [2.24, 2.45) is 0 Å². The minimum Gasteiger partial charge on any atom is -0.492 e. The summed E-state index contributed by atoms with van der Waals surface area (Å²) in [7, 11) is 0. The van der Waals surface area contributed by atoms with Gasteiger partial charge in [0.1, 0.15) is 12.4 Å². The Balaban J connectivity index is 1.84. The zero-order valence-corrected chi connectivity index (χ0v) is 12.7. The quantitative estimate of drug-likeness (QED) is 0.580. The monoisotopic (exact) mass is 299 g/mol. The lowest BCUT2D eigenvalue weighted by Crippen LogP contribution is -2.28. The lowest BCUT2D eigenvalue weighted by atomic mass is 10.0. The van der Waals surface area contributed by atoms with Crippen molar-refractivity contribution in [2.75, 3.05) is 19.7 Å². The molecule has 0 saturated carbocycles. The lowest BCUT2D eigenvalue weighted by molar-refractivity contribution is 0.103. The van der Waals surface area contributed by atoms with Gasteiger partial charge in [0.05, 0.1) is 6.10 Å². The van der Waals surface area contributed by atoms with Gasteiger partial charge >= 0.3 is 0 Å². The Morgan fingerprint density at radius 2 is 1.73 bits per heavy atom. The fourth-order valence-corrected chi connectivity index (χ4v) is 2.01. The molecule has 0 spiro atoms. The molecule has 4 heteroatoms. The molecule has 0 fully saturated rings. The molecule has 2 N–H and O–H groups in total. The molecule has 22 heavy (non-hydrogen) atoms. The van der Waals surface area contributed by atoms with Gasteiger partial charge in [-0.3, -0.25) is 4.79 Å². The fraction of sp³-hybridized carbons (Fsp3) is 0.278. The fourth-order valence-electron chi connectivity index (χ4n) is 2.01. The van der Waals surface area contributed by atoms with E-state index in [2.05, 4.69) is 5.32 Å². The topological polar surface area (TPSA) is 58.6 Å².